The Balaban J connectivity index is 1.83. The Bertz CT molecular complexity index is 383. The molecule has 1 aromatic rings. The summed E-state index contributed by atoms with van der Waals surface area (Å²) in [5, 5.41) is 3.45. The van der Waals surface area contributed by atoms with Gasteiger partial charge in [-0.15, -0.1) is 0 Å². The Morgan fingerprint density at radius 1 is 1.53 bits per heavy atom. The average molecular weight is 234 g/mol. The van der Waals surface area contributed by atoms with Crippen LogP contribution in [0.4, 0.5) is 0 Å². The Morgan fingerprint density at radius 2 is 2.29 bits per heavy atom. The molecular formula is C13H18N2O2. The maximum Gasteiger partial charge on any atom is 0.339 e. The van der Waals surface area contributed by atoms with E-state index < -0.39 is 0 Å². The van der Waals surface area contributed by atoms with Gasteiger partial charge in [-0.25, -0.2) is 4.79 Å². The van der Waals surface area contributed by atoms with Crippen LogP contribution < -0.4 is 5.32 Å². The maximum absolute atomic E-state index is 11.2. The molecule has 0 spiro atoms. The van der Waals surface area contributed by atoms with Crippen LogP contribution in [-0.4, -0.2) is 24.1 Å². The summed E-state index contributed by atoms with van der Waals surface area (Å²) in [5.41, 5.74) is 1.45. The van der Waals surface area contributed by atoms with Gasteiger partial charge >= 0.3 is 5.97 Å². The smallest absolute Gasteiger partial charge is 0.339 e. The van der Waals surface area contributed by atoms with Gasteiger partial charge in [0.25, 0.3) is 0 Å². The summed E-state index contributed by atoms with van der Waals surface area (Å²) in [4.78, 5) is 15.4. The predicted molar refractivity (Wildman–Crippen MR) is 64.6 cm³/mol. The molecule has 0 radical (unpaired) electrons. The van der Waals surface area contributed by atoms with Crippen molar-refractivity contribution in [2.45, 2.75) is 32.4 Å². The van der Waals surface area contributed by atoms with Crippen molar-refractivity contribution in [2.75, 3.05) is 7.11 Å². The van der Waals surface area contributed by atoms with Gasteiger partial charge in [0.2, 0.25) is 0 Å². The van der Waals surface area contributed by atoms with E-state index in [1.54, 1.807) is 12.3 Å². The molecule has 1 fully saturated rings. The van der Waals surface area contributed by atoms with Crippen molar-refractivity contribution in [3.63, 3.8) is 0 Å². The first-order valence-corrected chi connectivity index (χ1v) is 5.95. The van der Waals surface area contributed by atoms with Crippen LogP contribution >= 0.6 is 0 Å². The Morgan fingerprint density at radius 3 is 2.82 bits per heavy atom. The van der Waals surface area contributed by atoms with Crippen LogP contribution in [0.25, 0.3) is 0 Å². The molecule has 0 atom stereocenters. The van der Waals surface area contributed by atoms with Crippen molar-refractivity contribution in [3.8, 4) is 0 Å². The molecule has 1 aliphatic carbocycles. The molecule has 0 aliphatic heterocycles. The number of esters is 1. The maximum atomic E-state index is 11.2. The lowest BCUT2D eigenvalue weighted by atomic mass is 9.82. The largest absolute Gasteiger partial charge is 0.465 e. The lowest BCUT2D eigenvalue weighted by Gasteiger charge is -2.33. The van der Waals surface area contributed by atoms with Gasteiger partial charge in [0.15, 0.2) is 0 Å². The monoisotopic (exact) mass is 234 g/mol. The molecule has 1 heterocycles. The van der Waals surface area contributed by atoms with Crippen molar-refractivity contribution in [3.05, 3.63) is 29.6 Å². The molecule has 1 aliphatic rings. The van der Waals surface area contributed by atoms with Crippen LogP contribution in [0.15, 0.2) is 18.3 Å². The van der Waals surface area contributed by atoms with E-state index in [2.05, 4.69) is 22.0 Å². The first kappa shape index (κ1) is 12.0. The third-order valence-electron chi connectivity index (χ3n) is 3.19. The topological polar surface area (TPSA) is 51.2 Å². The molecule has 0 unspecified atom stereocenters. The van der Waals surface area contributed by atoms with E-state index in [1.165, 1.54) is 20.0 Å². The number of carbonyl (C=O) groups is 1. The molecule has 1 saturated carbocycles. The Kier molecular flexibility index (Phi) is 3.74. The predicted octanol–water partition coefficient (Wildman–Crippen LogP) is 1.76. The number of nitrogens with zero attached hydrogens (tertiary/aromatic N) is 1. The zero-order chi connectivity index (χ0) is 12.3. The minimum atomic E-state index is -0.343. The number of rotatable bonds is 4. The van der Waals surface area contributed by atoms with E-state index in [-0.39, 0.29) is 5.97 Å². The quantitative estimate of drug-likeness (QED) is 0.806. The van der Waals surface area contributed by atoms with Crippen molar-refractivity contribution in [1.29, 1.82) is 0 Å². The van der Waals surface area contributed by atoms with Gasteiger partial charge in [-0.1, -0.05) is 6.92 Å². The van der Waals surface area contributed by atoms with E-state index in [0.29, 0.717) is 11.6 Å². The van der Waals surface area contributed by atoms with Gasteiger partial charge in [0, 0.05) is 18.8 Å². The molecule has 1 N–H and O–H groups in total. The number of methoxy groups -OCH3 is 1. The van der Waals surface area contributed by atoms with E-state index in [9.17, 15) is 4.79 Å². The molecule has 0 saturated heterocycles. The minimum absolute atomic E-state index is 0.343. The van der Waals surface area contributed by atoms with Gasteiger partial charge in [-0.05, 0) is 30.9 Å². The molecule has 4 nitrogen and oxygen atoms in total. The highest BCUT2D eigenvalue weighted by Gasteiger charge is 2.24. The third kappa shape index (κ3) is 3.03. The highest BCUT2D eigenvalue weighted by atomic mass is 16.5. The van der Waals surface area contributed by atoms with Gasteiger partial charge in [0.1, 0.15) is 0 Å². The van der Waals surface area contributed by atoms with E-state index in [0.717, 1.165) is 18.2 Å². The standard InChI is InChI=1S/C13H18N2O2/c1-9-5-12(6-9)15-8-11-4-3-10(7-14-11)13(16)17-2/h3-4,7,9,12,15H,5-6,8H2,1-2H3. The van der Waals surface area contributed by atoms with Crippen molar-refractivity contribution in [2.24, 2.45) is 5.92 Å². The molecule has 0 aromatic carbocycles. The summed E-state index contributed by atoms with van der Waals surface area (Å²) < 4.78 is 4.62. The fourth-order valence-corrected chi connectivity index (χ4v) is 2.09. The zero-order valence-electron chi connectivity index (χ0n) is 10.3. The SMILES string of the molecule is COC(=O)c1ccc(CNC2CC(C)C2)nc1. The van der Waals surface area contributed by atoms with Crippen molar-refractivity contribution < 1.29 is 9.53 Å². The van der Waals surface area contributed by atoms with E-state index in [1.807, 2.05) is 6.07 Å². The number of nitrogens with one attached hydrogen (secondary N) is 1. The highest BCUT2D eigenvalue weighted by molar-refractivity contribution is 5.88. The normalized spacial score (nSPS) is 22.9. The van der Waals surface area contributed by atoms with Gasteiger partial charge < -0.3 is 10.1 Å². The molecule has 4 heteroatoms. The average Bonchev–Trinajstić information content (AvgIpc) is 2.33. The first-order chi connectivity index (χ1) is 8.19. The first-order valence-electron chi connectivity index (χ1n) is 5.95. The van der Waals surface area contributed by atoms with Crippen LogP contribution in [0.1, 0.15) is 35.8 Å². The third-order valence-corrected chi connectivity index (χ3v) is 3.19. The minimum Gasteiger partial charge on any atom is -0.465 e. The molecule has 1 aromatic heterocycles. The van der Waals surface area contributed by atoms with Crippen LogP contribution in [0.3, 0.4) is 0 Å². The van der Waals surface area contributed by atoms with Gasteiger partial charge in [0.05, 0.1) is 18.4 Å². The summed E-state index contributed by atoms with van der Waals surface area (Å²) in [6, 6.07) is 4.24. The second-order valence-corrected chi connectivity index (χ2v) is 4.68. The van der Waals surface area contributed by atoms with Crippen LogP contribution in [0.5, 0.6) is 0 Å². The number of hydrogen-bond donors (Lipinski definition) is 1. The lowest BCUT2D eigenvalue weighted by molar-refractivity contribution is 0.0600. The number of aromatic nitrogens is 1. The second-order valence-electron chi connectivity index (χ2n) is 4.68. The molecule has 17 heavy (non-hydrogen) atoms. The number of carbonyl (C=O) groups excluding carboxylic acids is 1. The summed E-state index contributed by atoms with van der Waals surface area (Å²) >= 11 is 0. The number of hydrogen-bond acceptors (Lipinski definition) is 4. The fourth-order valence-electron chi connectivity index (χ4n) is 2.09. The molecule has 0 amide bonds. The molecule has 2 rings (SSSR count). The summed E-state index contributed by atoms with van der Waals surface area (Å²) in [5.74, 6) is 0.506. The highest BCUT2D eigenvalue weighted by Crippen LogP contribution is 2.26. The summed E-state index contributed by atoms with van der Waals surface area (Å²) in [7, 11) is 1.37. The fraction of sp³-hybridized carbons (Fsp3) is 0.538. The Labute approximate surface area is 101 Å². The molecule has 0 bridgehead atoms. The van der Waals surface area contributed by atoms with Gasteiger partial charge in [-0.2, -0.15) is 0 Å². The van der Waals surface area contributed by atoms with Crippen molar-refractivity contribution in [1.82, 2.24) is 10.3 Å². The zero-order valence-corrected chi connectivity index (χ0v) is 10.3. The Hall–Kier alpha value is -1.42. The van der Waals surface area contributed by atoms with Crippen LogP contribution in [0.2, 0.25) is 0 Å². The van der Waals surface area contributed by atoms with Crippen LogP contribution in [-0.2, 0) is 11.3 Å². The second kappa shape index (κ2) is 5.27. The van der Waals surface area contributed by atoms with Crippen LogP contribution in [0, 0.1) is 5.92 Å². The van der Waals surface area contributed by atoms with Crippen molar-refractivity contribution >= 4 is 5.97 Å². The van der Waals surface area contributed by atoms with E-state index >= 15 is 0 Å². The number of ether oxygens (including phenoxy) is 1. The van der Waals surface area contributed by atoms with Gasteiger partial charge in [-0.3, -0.25) is 4.98 Å². The molecular weight excluding hydrogens is 216 g/mol. The lowest BCUT2D eigenvalue weighted by Crippen LogP contribution is -2.39. The molecule has 92 valence electrons. The summed E-state index contributed by atoms with van der Waals surface area (Å²) in [6.45, 7) is 3.03. The van der Waals surface area contributed by atoms with E-state index in [4.69, 9.17) is 0 Å². The summed E-state index contributed by atoms with van der Waals surface area (Å²) in [6.07, 6.45) is 4.06. The number of pyridine rings is 1.